The van der Waals surface area contributed by atoms with Gasteiger partial charge in [0.1, 0.15) is 5.75 Å². The Hall–Kier alpha value is -3.32. The fourth-order valence-corrected chi connectivity index (χ4v) is 4.34. The number of piperidine rings is 1. The van der Waals surface area contributed by atoms with Crippen LogP contribution in [0.1, 0.15) is 36.9 Å². The molecule has 7 heteroatoms. The summed E-state index contributed by atoms with van der Waals surface area (Å²) in [7, 11) is 0. The molecule has 32 heavy (non-hydrogen) atoms. The summed E-state index contributed by atoms with van der Waals surface area (Å²) in [6.45, 7) is 4.93. The van der Waals surface area contributed by atoms with Crippen LogP contribution in [0.3, 0.4) is 0 Å². The SMILES string of the molecule is CC1=C(C(=O)OCC2CCN(Cc3ccccc3)CC2)C(c2cccc(O)c2)NC(=O)N1. The molecular formula is C25H29N3O4. The summed E-state index contributed by atoms with van der Waals surface area (Å²) < 4.78 is 5.69. The second-order valence-corrected chi connectivity index (χ2v) is 8.47. The Morgan fingerprint density at radius 2 is 1.88 bits per heavy atom. The minimum absolute atomic E-state index is 0.0721. The molecule has 0 aliphatic carbocycles. The molecule has 7 nitrogen and oxygen atoms in total. The van der Waals surface area contributed by atoms with Crippen LogP contribution in [0, 0.1) is 5.92 Å². The number of likely N-dealkylation sites (tertiary alicyclic amines) is 1. The highest BCUT2D eigenvalue weighted by Gasteiger charge is 2.33. The molecule has 0 radical (unpaired) electrons. The first kappa shape index (κ1) is 21.9. The zero-order valence-electron chi connectivity index (χ0n) is 18.2. The lowest BCUT2D eigenvalue weighted by molar-refractivity contribution is -0.141. The molecule has 2 aromatic rings. The molecule has 0 spiro atoms. The van der Waals surface area contributed by atoms with Gasteiger partial charge in [-0.25, -0.2) is 9.59 Å². The van der Waals surface area contributed by atoms with E-state index in [4.69, 9.17) is 4.74 Å². The van der Waals surface area contributed by atoms with Crippen LogP contribution >= 0.6 is 0 Å². The van der Waals surface area contributed by atoms with Gasteiger partial charge in [-0.15, -0.1) is 0 Å². The Kier molecular flexibility index (Phi) is 6.75. The van der Waals surface area contributed by atoms with Crippen LogP contribution in [-0.4, -0.2) is 41.7 Å². The lowest BCUT2D eigenvalue weighted by Gasteiger charge is -2.32. The largest absolute Gasteiger partial charge is 0.508 e. The number of hydrogen-bond donors (Lipinski definition) is 3. The number of carbonyl (C=O) groups excluding carboxylic acids is 2. The Morgan fingerprint density at radius 1 is 1.12 bits per heavy atom. The number of nitrogens with one attached hydrogen (secondary N) is 2. The van der Waals surface area contributed by atoms with Crippen molar-refractivity contribution in [2.45, 2.75) is 32.4 Å². The van der Waals surface area contributed by atoms with Gasteiger partial charge < -0.3 is 20.5 Å². The van der Waals surface area contributed by atoms with E-state index in [1.807, 2.05) is 6.07 Å². The highest BCUT2D eigenvalue weighted by atomic mass is 16.5. The number of esters is 1. The van der Waals surface area contributed by atoms with Gasteiger partial charge in [-0.05, 0) is 62.0 Å². The highest BCUT2D eigenvalue weighted by molar-refractivity contribution is 5.95. The van der Waals surface area contributed by atoms with Crippen molar-refractivity contribution in [2.24, 2.45) is 5.92 Å². The predicted octanol–water partition coefficient (Wildman–Crippen LogP) is 3.48. The minimum atomic E-state index is -0.670. The summed E-state index contributed by atoms with van der Waals surface area (Å²) in [6, 6.07) is 15.9. The third-order valence-electron chi connectivity index (χ3n) is 6.10. The molecule has 2 aromatic carbocycles. The average Bonchev–Trinajstić information content (AvgIpc) is 2.78. The van der Waals surface area contributed by atoms with E-state index in [1.165, 1.54) is 5.56 Å². The molecule has 0 aromatic heterocycles. The number of allylic oxidation sites excluding steroid dienone is 1. The van der Waals surface area contributed by atoms with E-state index in [9.17, 15) is 14.7 Å². The number of aromatic hydroxyl groups is 1. The normalized spacial score (nSPS) is 19.9. The van der Waals surface area contributed by atoms with E-state index in [0.717, 1.165) is 32.5 Å². The summed E-state index contributed by atoms with van der Waals surface area (Å²) in [6.07, 6.45) is 1.95. The molecule has 0 bridgehead atoms. The van der Waals surface area contributed by atoms with Crippen molar-refractivity contribution >= 4 is 12.0 Å². The van der Waals surface area contributed by atoms with Crippen LogP contribution in [0.4, 0.5) is 4.79 Å². The first-order chi connectivity index (χ1) is 15.5. The lowest BCUT2D eigenvalue weighted by Crippen LogP contribution is -2.45. The summed E-state index contributed by atoms with van der Waals surface area (Å²) in [4.78, 5) is 27.4. The van der Waals surface area contributed by atoms with Crippen molar-refractivity contribution in [1.29, 1.82) is 0 Å². The number of hydrogen-bond acceptors (Lipinski definition) is 5. The van der Waals surface area contributed by atoms with Crippen molar-refractivity contribution in [3.63, 3.8) is 0 Å². The molecule has 1 unspecified atom stereocenters. The highest BCUT2D eigenvalue weighted by Crippen LogP contribution is 2.30. The van der Waals surface area contributed by atoms with Crippen LogP contribution in [0.25, 0.3) is 0 Å². The molecule has 2 aliphatic rings. The molecule has 3 N–H and O–H groups in total. The van der Waals surface area contributed by atoms with Crippen LogP contribution in [-0.2, 0) is 16.1 Å². The van der Waals surface area contributed by atoms with Gasteiger partial charge in [0, 0.05) is 12.2 Å². The molecule has 2 aliphatic heterocycles. The lowest BCUT2D eigenvalue weighted by atomic mass is 9.95. The molecule has 2 heterocycles. The summed E-state index contributed by atoms with van der Waals surface area (Å²) in [5.41, 5.74) is 2.76. The molecule has 1 fully saturated rings. The first-order valence-electron chi connectivity index (χ1n) is 11.0. The number of phenolic OH excluding ortho intramolecular Hbond substituents is 1. The molecular weight excluding hydrogens is 406 g/mol. The minimum Gasteiger partial charge on any atom is -0.508 e. The van der Waals surface area contributed by atoms with E-state index in [-0.39, 0.29) is 5.75 Å². The van der Waals surface area contributed by atoms with E-state index in [0.29, 0.717) is 29.4 Å². The molecule has 0 saturated carbocycles. The van der Waals surface area contributed by atoms with Gasteiger partial charge in [-0.2, -0.15) is 0 Å². The van der Waals surface area contributed by atoms with Crippen molar-refractivity contribution in [3.05, 3.63) is 77.0 Å². The fourth-order valence-electron chi connectivity index (χ4n) is 4.34. The quantitative estimate of drug-likeness (QED) is 0.605. The van der Waals surface area contributed by atoms with Crippen molar-refractivity contribution in [3.8, 4) is 5.75 Å². The van der Waals surface area contributed by atoms with Crippen LogP contribution < -0.4 is 10.6 Å². The molecule has 2 amide bonds. The van der Waals surface area contributed by atoms with Crippen molar-refractivity contribution < 1.29 is 19.4 Å². The third kappa shape index (κ3) is 5.29. The summed E-state index contributed by atoms with van der Waals surface area (Å²) in [5, 5.41) is 15.2. The average molecular weight is 436 g/mol. The van der Waals surface area contributed by atoms with Crippen LogP contribution in [0.15, 0.2) is 65.9 Å². The molecule has 1 saturated heterocycles. The Balaban J connectivity index is 1.34. The predicted molar refractivity (Wildman–Crippen MR) is 121 cm³/mol. The van der Waals surface area contributed by atoms with Crippen molar-refractivity contribution in [1.82, 2.24) is 15.5 Å². The number of rotatable bonds is 6. The zero-order chi connectivity index (χ0) is 22.5. The topological polar surface area (TPSA) is 90.9 Å². The second-order valence-electron chi connectivity index (χ2n) is 8.47. The van der Waals surface area contributed by atoms with Gasteiger partial charge in [-0.3, -0.25) is 4.90 Å². The van der Waals surface area contributed by atoms with Crippen molar-refractivity contribution in [2.75, 3.05) is 19.7 Å². The smallest absolute Gasteiger partial charge is 0.338 e. The van der Waals surface area contributed by atoms with Gasteiger partial charge in [0.05, 0.1) is 18.2 Å². The molecule has 168 valence electrons. The van der Waals surface area contributed by atoms with Crippen LogP contribution in [0.2, 0.25) is 0 Å². The Labute approximate surface area is 188 Å². The van der Waals surface area contributed by atoms with E-state index in [2.05, 4.69) is 39.8 Å². The third-order valence-corrected chi connectivity index (χ3v) is 6.10. The van der Waals surface area contributed by atoms with Gasteiger partial charge in [0.15, 0.2) is 0 Å². The second kappa shape index (κ2) is 9.87. The van der Waals surface area contributed by atoms with E-state index >= 15 is 0 Å². The van der Waals surface area contributed by atoms with Gasteiger partial charge in [0.25, 0.3) is 0 Å². The summed E-state index contributed by atoms with van der Waals surface area (Å²) >= 11 is 0. The summed E-state index contributed by atoms with van der Waals surface area (Å²) in [5.74, 6) is -0.0600. The number of ether oxygens (including phenoxy) is 1. The Morgan fingerprint density at radius 3 is 2.59 bits per heavy atom. The number of urea groups is 1. The van der Waals surface area contributed by atoms with Gasteiger partial charge >= 0.3 is 12.0 Å². The maximum atomic E-state index is 13.0. The number of nitrogens with zero attached hydrogens (tertiary/aromatic N) is 1. The Bertz CT molecular complexity index is 997. The maximum Gasteiger partial charge on any atom is 0.338 e. The van der Waals surface area contributed by atoms with E-state index in [1.54, 1.807) is 31.2 Å². The number of phenols is 1. The van der Waals surface area contributed by atoms with Gasteiger partial charge in [-0.1, -0.05) is 42.5 Å². The monoisotopic (exact) mass is 435 g/mol. The van der Waals surface area contributed by atoms with E-state index < -0.39 is 18.0 Å². The first-order valence-corrected chi connectivity index (χ1v) is 11.0. The molecule has 4 rings (SSSR count). The van der Waals surface area contributed by atoms with Gasteiger partial charge in [0.2, 0.25) is 0 Å². The fraction of sp³-hybridized carbons (Fsp3) is 0.360. The number of benzene rings is 2. The zero-order valence-corrected chi connectivity index (χ0v) is 18.2. The molecule has 1 atom stereocenters. The number of carbonyl (C=O) groups is 2. The van der Waals surface area contributed by atoms with Crippen LogP contribution in [0.5, 0.6) is 5.75 Å². The maximum absolute atomic E-state index is 13.0. The number of amides is 2. The standard InChI is InChI=1S/C25H29N3O4/c1-17-22(23(27-25(31)26-17)20-8-5-9-21(29)14-20)24(30)32-16-19-10-12-28(13-11-19)15-18-6-3-2-4-7-18/h2-9,14,19,23,29H,10-13,15-16H2,1H3,(H2,26,27,31).